The zero-order valence-electron chi connectivity index (χ0n) is 10.4. The third-order valence-corrected chi connectivity index (χ3v) is 2.57. The Morgan fingerprint density at radius 3 is 1.73 bits per heavy atom. The first-order chi connectivity index (χ1) is 6.33. The Balaban J connectivity index is 4.54. The molecule has 0 bridgehead atoms. The molecular weight excluding hydrogens is 212 g/mol. The highest BCUT2D eigenvalue weighted by molar-refractivity contribution is 8.02. The van der Waals surface area contributed by atoms with Gasteiger partial charge in [0.25, 0.3) is 0 Å². The number of thioether (sulfide) groups is 1. The summed E-state index contributed by atoms with van der Waals surface area (Å²) in [5.74, 6) is -0.349. The lowest BCUT2D eigenvalue weighted by Gasteiger charge is -2.32. The fourth-order valence-corrected chi connectivity index (χ4v) is 2.50. The average Bonchev–Trinajstić information content (AvgIpc) is 1.75. The van der Waals surface area contributed by atoms with Gasteiger partial charge in [-0.05, 0) is 41.5 Å². The number of ether oxygens (including phenoxy) is 1. The van der Waals surface area contributed by atoms with E-state index in [0.717, 1.165) is 0 Å². The van der Waals surface area contributed by atoms with Crippen molar-refractivity contribution in [3.8, 4) is 0 Å². The third-order valence-electron chi connectivity index (χ3n) is 1.37. The Hall–Kier alpha value is -0.260. The molecular formula is C10H22N2O2S. The lowest BCUT2D eigenvalue weighted by Crippen LogP contribution is -2.46. The zero-order chi connectivity index (χ0) is 12.5. The molecule has 0 aromatic carbocycles. The van der Waals surface area contributed by atoms with Crippen LogP contribution in [0.5, 0.6) is 0 Å². The lowest BCUT2D eigenvalue weighted by molar-refractivity contribution is -0.158. The van der Waals surface area contributed by atoms with E-state index in [1.165, 1.54) is 11.8 Å². The van der Waals surface area contributed by atoms with Crippen molar-refractivity contribution in [2.75, 3.05) is 0 Å². The molecule has 4 nitrogen and oxygen atoms in total. The minimum atomic E-state index is -0.951. The predicted octanol–water partition coefficient (Wildman–Crippen LogP) is 1.43. The van der Waals surface area contributed by atoms with Crippen LogP contribution in [0.3, 0.4) is 0 Å². The number of rotatable bonds is 4. The van der Waals surface area contributed by atoms with Crippen LogP contribution in [0.15, 0.2) is 0 Å². The van der Waals surface area contributed by atoms with E-state index in [1.807, 2.05) is 13.8 Å². The quantitative estimate of drug-likeness (QED) is 0.568. The van der Waals surface area contributed by atoms with E-state index in [-0.39, 0.29) is 5.97 Å². The van der Waals surface area contributed by atoms with E-state index in [1.54, 1.807) is 27.7 Å². The van der Waals surface area contributed by atoms with E-state index in [0.29, 0.717) is 0 Å². The first kappa shape index (κ1) is 14.7. The minimum Gasteiger partial charge on any atom is -0.444 e. The van der Waals surface area contributed by atoms with Gasteiger partial charge in [0, 0.05) is 0 Å². The van der Waals surface area contributed by atoms with Crippen molar-refractivity contribution in [1.29, 1.82) is 0 Å². The Bertz CT molecular complexity index is 239. The van der Waals surface area contributed by atoms with Crippen LogP contribution >= 0.6 is 11.8 Å². The molecule has 0 saturated heterocycles. The van der Waals surface area contributed by atoms with Gasteiger partial charge in [-0.1, -0.05) is 0 Å². The van der Waals surface area contributed by atoms with Crippen molar-refractivity contribution in [2.24, 2.45) is 11.5 Å². The number of hydrogen-bond donors (Lipinski definition) is 2. The summed E-state index contributed by atoms with van der Waals surface area (Å²) < 4.78 is 4.41. The van der Waals surface area contributed by atoms with Crippen molar-refractivity contribution < 1.29 is 9.53 Å². The van der Waals surface area contributed by atoms with Crippen molar-refractivity contribution in [1.82, 2.24) is 0 Å². The molecule has 0 radical (unpaired) electrons. The van der Waals surface area contributed by atoms with Gasteiger partial charge in [-0.25, -0.2) is 0 Å². The van der Waals surface area contributed by atoms with Gasteiger partial charge in [0.15, 0.2) is 5.72 Å². The highest BCUT2D eigenvalue weighted by Gasteiger charge is 2.37. The van der Waals surface area contributed by atoms with Crippen LogP contribution in [0.1, 0.15) is 41.5 Å². The molecule has 0 aromatic rings. The zero-order valence-corrected chi connectivity index (χ0v) is 11.2. The number of nitrogens with two attached hydrogens (primary N) is 2. The maximum Gasteiger partial charge on any atom is 0.323 e. The number of esters is 1. The molecule has 0 fully saturated rings. The van der Waals surface area contributed by atoms with Gasteiger partial charge in [-0.3, -0.25) is 10.5 Å². The molecule has 4 N–H and O–H groups in total. The topological polar surface area (TPSA) is 78.3 Å². The second kappa shape index (κ2) is 4.31. The Morgan fingerprint density at radius 2 is 1.47 bits per heavy atom. The molecule has 0 atom stereocenters. The number of carbonyl (C=O) groups is 1. The first-order valence-corrected chi connectivity index (χ1v) is 5.66. The molecule has 0 aromatic heterocycles. The molecule has 0 saturated carbocycles. The second-order valence-corrected chi connectivity index (χ2v) is 7.49. The Kier molecular flexibility index (Phi) is 4.24. The van der Waals surface area contributed by atoms with Crippen LogP contribution < -0.4 is 11.5 Å². The third kappa shape index (κ3) is 6.76. The molecule has 15 heavy (non-hydrogen) atoms. The van der Waals surface area contributed by atoms with Crippen molar-refractivity contribution in [2.45, 2.75) is 56.9 Å². The van der Waals surface area contributed by atoms with Gasteiger partial charge in [0.05, 0.1) is 4.87 Å². The van der Waals surface area contributed by atoms with Crippen LogP contribution in [0.25, 0.3) is 0 Å². The van der Waals surface area contributed by atoms with E-state index in [4.69, 9.17) is 16.2 Å². The van der Waals surface area contributed by atoms with Gasteiger partial charge in [-0.15, -0.1) is 11.8 Å². The normalized spacial score (nSPS) is 13.9. The van der Waals surface area contributed by atoms with Crippen LogP contribution in [-0.4, -0.2) is 21.3 Å². The fourth-order valence-electron chi connectivity index (χ4n) is 1.06. The maximum atomic E-state index is 11.8. The molecule has 0 rings (SSSR count). The van der Waals surface area contributed by atoms with Gasteiger partial charge < -0.3 is 10.5 Å². The predicted molar refractivity (Wildman–Crippen MR) is 64.3 cm³/mol. The van der Waals surface area contributed by atoms with Gasteiger partial charge in [0.2, 0.25) is 0 Å². The summed E-state index contributed by atoms with van der Waals surface area (Å²) in [6, 6.07) is 0. The van der Waals surface area contributed by atoms with Gasteiger partial charge in [0.1, 0.15) is 4.75 Å². The van der Waals surface area contributed by atoms with Crippen molar-refractivity contribution in [3.63, 3.8) is 0 Å². The molecule has 0 aliphatic heterocycles. The smallest absolute Gasteiger partial charge is 0.323 e. The monoisotopic (exact) mass is 234 g/mol. The van der Waals surface area contributed by atoms with E-state index < -0.39 is 15.3 Å². The fraction of sp³-hybridized carbons (Fsp3) is 0.900. The summed E-state index contributed by atoms with van der Waals surface area (Å²) >= 11 is 1.36. The van der Waals surface area contributed by atoms with Crippen LogP contribution in [-0.2, 0) is 9.53 Å². The largest absolute Gasteiger partial charge is 0.444 e. The maximum absolute atomic E-state index is 11.8. The molecule has 0 aliphatic carbocycles. The average molecular weight is 234 g/mol. The highest BCUT2D eigenvalue weighted by Crippen LogP contribution is 2.34. The summed E-state index contributed by atoms with van der Waals surface area (Å²) in [6.45, 7) is 10.5. The molecule has 0 spiro atoms. The lowest BCUT2D eigenvalue weighted by atomic mass is 10.2. The standard InChI is InChI=1S/C10H22N2O2S/c1-8(2,15-10(5,6)12)7(13)14-9(3,4)11/h11-12H2,1-6H3. The molecule has 0 amide bonds. The minimum absolute atomic E-state index is 0.349. The Morgan fingerprint density at radius 1 is 1.07 bits per heavy atom. The van der Waals surface area contributed by atoms with Gasteiger partial charge in [-0.2, -0.15) is 0 Å². The van der Waals surface area contributed by atoms with E-state index >= 15 is 0 Å². The van der Waals surface area contributed by atoms with Crippen LogP contribution in [0.4, 0.5) is 0 Å². The summed E-state index contributed by atoms with van der Waals surface area (Å²) in [5, 5.41) is 0. The summed E-state index contributed by atoms with van der Waals surface area (Å²) in [6.07, 6.45) is 0. The summed E-state index contributed by atoms with van der Waals surface area (Å²) in [4.78, 5) is 11.3. The van der Waals surface area contributed by atoms with Crippen molar-refractivity contribution in [3.05, 3.63) is 0 Å². The molecule has 5 heteroatoms. The highest BCUT2D eigenvalue weighted by atomic mass is 32.2. The molecule has 0 heterocycles. The SMILES string of the molecule is CC(C)(N)OC(=O)C(C)(C)SC(C)(C)N. The Labute approximate surface area is 96.1 Å². The molecule has 90 valence electrons. The van der Waals surface area contributed by atoms with Gasteiger partial charge >= 0.3 is 5.97 Å². The summed E-state index contributed by atoms with van der Waals surface area (Å²) in [5.41, 5.74) is 10.5. The van der Waals surface area contributed by atoms with Crippen LogP contribution in [0.2, 0.25) is 0 Å². The van der Waals surface area contributed by atoms with E-state index in [2.05, 4.69) is 0 Å². The second-order valence-electron chi connectivity index (χ2n) is 5.21. The number of carbonyl (C=O) groups excluding carboxylic acids is 1. The first-order valence-electron chi connectivity index (χ1n) is 4.85. The summed E-state index contributed by atoms with van der Waals surface area (Å²) in [7, 11) is 0. The van der Waals surface area contributed by atoms with E-state index in [9.17, 15) is 4.79 Å². The van der Waals surface area contributed by atoms with Crippen molar-refractivity contribution >= 4 is 17.7 Å². The molecule has 0 aliphatic rings. The molecule has 0 unspecified atom stereocenters. The van der Waals surface area contributed by atoms with Crippen LogP contribution in [0, 0.1) is 0 Å². The number of hydrogen-bond acceptors (Lipinski definition) is 5.